The fraction of sp³-hybridized carbons (Fsp3) is 0. The molecule has 0 atom stereocenters. The Labute approximate surface area is 103 Å². The van der Waals surface area contributed by atoms with Crippen molar-refractivity contribution in [2.45, 2.75) is 0 Å². The Hall–Kier alpha value is -2.92. The van der Waals surface area contributed by atoms with Gasteiger partial charge in [0.25, 0.3) is 0 Å². The van der Waals surface area contributed by atoms with Gasteiger partial charge in [0.15, 0.2) is 0 Å². The third-order valence-corrected chi connectivity index (χ3v) is 2.17. The number of ether oxygens (including phenoxy) is 1. The lowest BCUT2D eigenvalue weighted by Gasteiger charge is -2.06. The van der Waals surface area contributed by atoms with Crippen LogP contribution in [0.1, 0.15) is 11.1 Å². The van der Waals surface area contributed by atoms with Crippen molar-refractivity contribution in [3.05, 3.63) is 53.5 Å². The molecule has 0 fully saturated rings. The number of aromatic nitrogens is 1. The Balaban J connectivity index is 2.38. The molecular weight excluding hydrogens is 233 g/mol. The first-order chi connectivity index (χ1) is 8.74. The Bertz CT molecular complexity index is 671. The summed E-state index contributed by atoms with van der Waals surface area (Å²) < 4.78 is 18.6. The van der Waals surface area contributed by atoms with Crippen molar-refractivity contribution in [2.24, 2.45) is 0 Å². The van der Waals surface area contributed by atoms with E-state index in [9.17, 15) is 4.39 Å². The molecule has 0 aliphatic heterocycles. The largest absolute Gasteiger partial charge is 0.437 e. The zero-order chi connectivity index (χ0) is 13.0. The fourth-order valence-electron chi connectivity index (χ4n) is 1.35. The molecule has 86 valence electrons. The second-order valence-corrected chi connectivity index (χ2v) is 3.32. The van der Waals surface area contributed by atoms with Gasteiger partial charge in [-0.3, -0.25) is 0 Å². The van der Waals surface area contributed by atoms with E-state index in [2.05, 4.69) is 4.98 Å². The molecule has 0 spiro atoms. The zero-order valence-electron chi connectivity index (χ0n) is 9.09. The molecule has 2 aromatic rings. The molecule has 0 saturated carbocycles. The third kappa shape index (κ3) is 2.26. The van der Waals surface area contributed by atoms with Crippen LogP contribution in [0.5, 0.6) is 11.6 Å². The second-order valence-electron chi connectivity index (χ2n) is 3.32. The molecule has 0 saturated heterocycles. The third-order valence-electron chi connectivity index (χ3n) is 2.17. The predicted octanol–water partition coefficient (Wildman–Crippen LogP) is 2.76. The molecule has 0 bridgehead atoms. The normalized spacial score (nSPS) is 9.28. The minimum Gasteiger partial charge on any atom is -0.437 e. The molecule has 1 heterocycles. The average Bonchev–Trinajstić information content (AvgIpc) is 2.39. The van der Waals surface area contributed by atoms with E-state index in [1.165, 1.54) is 36.5 Å². The summed E-state index contributed by atoms with van der Waals surface area (Å²) in [6, 6.07) is 10.6. The highest BCUT2D eigenvalue weighted by atomic mass is 19.1. The number of nitriles is 2. The summed E-state index contributed by atoms with van der Waals surface area (Å²) in [7, 11) is 0. The number of pyridine rings is 1. The number of halogens is 1. The molecule has 4 nitrogen and oxygen atoms in total. The molecule has 0 aliphatic carbocycles. The minimum atomic E-state index is -0.661. The Morgan fingerprint density at radius 1 is 1.17 bits per heavy atom. The highest BCUT2D eigenvalue weighted by Gasteiger charge is 2.10. The summed E-state index contributed by atoms with van der Waals surface area (Å²) in [6.45, 7) is 0. The van der Waals surface area contributed by atoms with Gasteiger partial charge in [0.1, 0.15) is 23.2 Å². The predicted molar refractivity (Wildman–Crippen MR) is 60.1 cm³/mol. The number of hydrogen-bond acceptors (Lipinski definition) is 4. The molecule has 2 rings (SSSR count). The van der Waals surface area contributed by atoms with Gasteiger partial charge in [0.05, 0.1) is 11.6 Å². The molecule has 5 heteroatoms. The first kappa shape index (κ1) is 11.6. The summed E-state index contributed by atoms with van der Waals surface area (Å²) >= 11 is 0. The van der Waals surface area contributed by atoms with Gasteiger partial charge >= 0.3 is 0 Å². The van der Waals surface area contributed by atoms with Crippen molar-refractivity contribution >= 4 is 0 Å². The lowest BCUT2D eigenvalue weighted by Crippen LogP contribution is -1.93. The zero-order valence-corrected chi connectivity index (χ0v) is 9.09. The molecule has 0 N–H and O–H groups in total. The minimum absolute atomic E-state index is 0.0695. The summed E-state index contributed by atoms with van der Waals surface area (Å²) in [5.74, 6) is -0.456. The van der Waals surface area contributed by atoms with Crippen molar-refractivity contribution in [1.29, 1.82) is 10.5 Å². The van der Waals surface area contributed by atoms with Crippen LogP contribution in [-0.2, 0) is 0 Å². The van der Waals surface area contributed by atoms with Crippen molar-refractivity contribution in [1.82, 2.24) is 4.98 Å². The van der Waals surface area contributed by atoms with Gasteiger partial charge in [-0.2, -0.15) is 10.5 Å². The van der Waals surface area contributed by atoms with Gasteiger partial charge in [-0.15, -0.1) is 0 Å². The lowest BCUT2D eigenvalue weighted by atomic mass is 10.2. The summed E-state index contributed by atoms with van der Waals surface area (Å²) in [5.41, 5.74) is 0.177. The molecule has 0 aliphatic rings. The molecule has 0 unspecified atom stereocenters. The van der Waals surface area contributed by atoms with E-state index in [0.717, 1.165) is 0 Å². The summed E-state index contributed by atoms with van der Waals surface area (Å²) in [6.07, 6.45) is 1.40. The second kappa shape index (κ2) is 4.94. The van der Waals surface area contributed by atoms with E-state index in [0.29, 0.717) is 5.56 Å². The smallest absolute Gasteiger partial charge is 0.220 e. The number of rotatable bonds is 2. The van der Waals surface area contributed by atoms with Crippen molar-refractivity contribution in [3.63, 3.8) is 0 Å². The van der Waals surface area contributed by atoms with E-state index < -0.39 is 5.82 Å². The van der Waals surface area contributed by atoms with Gasteiger partial charge in [0, 0.05) is 12.3 Å². The van der Waals surface area contributed by atoms with Crippen molar-refractivity contribution in [2.75, 3.05) is 0 Å². The molecule has 1 aromatic heterocycles. The molecule has 1 aromatic carbocycles. The number of hydrogen-bond donors (Lipinski definition) is 0. The topological polar surface area (TPSA) is 69.7 Å². The molecule has 0 amide bonds. The Morgan fingerprint density at radius 2 is 2.00 bits per heavy atom. The highest BCUT2D eigenvalue weighted by molar-refractivity contribution is 5.45. The summed E-state index contributed by atoms with van der Waals surface area (Å²) in [5, 5.41) is 17.6. The van der Waals surface area contributed by atoms with Crippen molar-refractivity contribution < 1.29 is 9.13 Å². The number of benzene rings is 1. The maximum absolute atomic E-state index is 13.3. The standard InChI is InChI=1S/C13H6FN3O/c14-11-2-1-3-12(10(11)8-16)18-13-6-9(7-15)4-5-17-13/h1-6H. The maximum Gasteiger partial charge on any atom is 0.220 e. The van der Waals surface area contributed by atoms with Crippen molar-refractivity contribution in [3.8, 4) is 23.8 Å². The van der Waals surface area contributed by atoms with E-state index in [1.807, 2.05) is 6.07 Å². The molecule has 0 radical (unpaired) electrons. The lowest BCUT2D eigenvalue weighted by molar-refractivity contribution is 0.456. The molecule has 18 heavy (non-hydrogen) atoms. The van der Waals surface area contributed by atoms with Gasteiger partial charge < -0.3 is 4.74 Å². The van der Waals surface area contributed by atoms with E-state index in [4.69, 9.17) is 15.3 Å². The van der Waals surface area contributed by atoms with Gasteiger partial charge in [-0.05, 0) is 18.2 Å². The Morgan fingerprint density at radius 3 is 2.72 bits per heavy atom. The van der Waals surface area contributed by atoms with E-state index >= 15 is 0 Å². The van der Waals surface area contributed by atoms with Crippen LogP contribution in [0, 0.1) is 28.5 Å². The number of nitrogens with zero attached hydrogens (tertiary/aromatic N) is 3. The van der Waals surface area contributed by atoms with Crippen LogP contribution in [0.15, 0.2) is 36.5 Å². The van der Waals surface area contributed by atoms with Gasteiger partial charge in [-0.1, -0.05) is 6.07 Å². The van der Waals surface area contributed by atoms with Crippen LogP contribution in [-0.4, -0.2) is 4.98 Å². The molecular formula is C13H6FN3O. The fourth-order valence-corrected chi connectivity index (χ4v) is 1.35. The van der Waals surface area contributed by atoms with Crippen LogP contribution in [0.4, 0.5) is 4.39 Å². The quantitative estimate of drug-likeness (QED) is 0.807. The van der Waals surface area contributed by atoms with Crippen LogP contribution in [0.3, 0.4) is 0 Å². The van der Waals surface area contributed by atoms with E-state index in [1.54, 1.807) is 6.07 Å². The first-order valence-electron chi connectivity index (χ1n) is 4.97. The van der Waals surface area contributed by atoms with Crippen LogP contribution in [0.2, 0.25) is 0 Å². The van der Waals surface area contributed by atoms with Crippen LogP contribution < -0.4 is 4.74 Å². The Kier molecular flexibility index (Phi) is 3.17. The van der Waals surface area contributed by atoms with Crippen LogP contribution >= 0.6 is 0 Å². The first-order valence-corrected chi connectivity index (χ1v) is 4.97. The SMILES string of the molecule is N#Cc1ccnc(Oc2cccc(F)c2C#N)c1. The average molecular weight is 239 g/mol. The summed E-state index contributed by atoms with van der Waals surface area (Å²) in [4.78, 5) is 3.88. The van der Waals surface area contributed by atoms with E-state index in [-0.39, 0.29) is 17.2 Å². The van der Waals surface area contributed by atoms with Gasteiger partial charge in [-0.25, -0.2) is 9.37 Å². The highest BCUT2D eigenvalue weighted by Crippen LogP contribution is 2.25. The van der Waals surface area contributed by atoms with Gasteiger partial charge in [0.2, 0.25) is 5.88 Å². The van der Waals surface area contributed by atoms with Crippen LogP contribution in [0.25, 0.3) is 0 Å². The monoisotopic (exact) mass is 239 g/mol. The maximum atomic E-state index is 13.3.